The minimum atomic E-state index is 0.304. The maximum absolute atomic E-state index is 8.32. The normalized spacial score (nSPS) is 8.31. The van der Waals surface area contributed by atoms with Gasteiger partial charge >= 0.3 is 0 Å². The van der Waals surface area contributed by atoms with Gasteiger partial charge in [0, 0.05) is 5.56 Å². The Morgan fingerprint density at radius 1 is 1.31 bits per heavy atom. The second-order valence-electron chi connectivity index (χ2n) is 2.65. The highest BCUT2D eigenvalue weighted by Crippen LogP contribution is 2.07. The van der Waals surface area contributed by atoms with Crippen LogP contribution in [-0.2, 0) is 6.42 Å². The van der Waals surface area contributed by atoms with Gasteiger partial charge in [0.25, 0.3) is 0 Å². The Balaban J connectivity index is 2.90. The number of nitriles is 1. The predicted molar refractivity (Wildman–Crippen MR) is 52.9 cm³/mol. The van der Waals surface area contributed by atoms with Crippen molar-refractivity contribution in [1.29, 1.82) is 5.26 Å². The van der Waals surface area contributed by atoms with E-state index in [9.17, 15) is 0 Å². The van der Waals surface area contributed by atoms with E-state index >= 15 is 0 Å². The van der Waals surface area contributed by atoms with Gasteiger partial charge in [-0.2, -0.15) is 5.26 Å². The molecule has 0 aliphatic rings. The van der Waals surface area contributed by atoms with Crippen LogP contribution < -0.4 is 0 Å². The molecule has 13 heavy (non-hydrogen) atoms. The molecule has 0 fully saturated rings. The summed E-state index contributed by atoms with van der Waals surface area (Å²) in [6.45, 7) is 2.10. The SMILES string of the molecule is CCc1ccccc1C#CCC#N. The lowest BCUT2D eigenvalue weighted by atomic mass is 10.1. The molecule has 64 valence electrons. The van der Waals surface area contributed by atoms with Gasteiger partial charge < -0.3 is 0 Å². The first-order chi connectivity index (χ1) is 6.38. The fourth-order valence-electron chi connectivity index (χ4n) is 1.13. The first kappa shape index (κ1) is 9.36. The lowest BCUT2D eigenvalue weighted by Crippen LogP contribution is -1.85. The standard InChI is InChI=1S/C12H11N/c1-2-11-7-3-4-8-12(11)9-5-6-10-13/h3-4,7-8H,2,6H2,1H3. The summed E-state index contributed by atoms with van der Waals surface area (Å²) < 4.78 is 0. The van der Waals surface area contributed by atoms with Crippen LogP contribution in [0.3, 0.4) is 0 Å². The zero-order valence-corrected chi connectivity index (χ0v) is 7.67. The number of benzene rings is 1. The van der Waals surface area contributed by atoms with Crippen molar-refractivity contribution in [3.8, 4) is 17.9 Å². The van der Waals surface area contributed by atoms with E-state index in [2.05, 4.69) is 24.8 Å². The van der Waals surface area contributed by atoms with Gasteiger partial charge in [-0.3, -0.25) is 0 Å². The van der Waals surface area contributed by atoms with Crippen LogP contribution in [0.4, 0.5) is 0 Å². The van der Waals surface area contributed by atoms with Crippen LogP contribution in [0.1, 0.15) is 24.5 Å². The summed E-state index contributed by atoms with van der Waals surface area (Å²) in [6, 6.07) is 10.0. The van der Waals surface area contributed by atoms with Crippen molar-refractivity contribution < 1.29 is 0 Å². The van der Waals surface area contributed by atoms with Gasteiger partial charge in [0.05, 0.1) is 12.5 Å². The third-order valence-electron chi connectivity index (χ3n) is 1.79. The van der Waals surface area contributed by atoms with E-state index in [1.807, 2.05) is 24.3 Å². The summed E-state index contributed by atoms with van der Waals surface area (Å²) in [5.41, 5.74) is 2.29. The number of hydrogen-bond donors (Lipinski definition) is 0. The predicted octanol–water partition coefficient (Wildman–Crippen LogP) is 2.51. The van der Waals surface area contributed by atoms with Crippen LogP contribution >= 0.6 is 0 Å². The fraction of sp³-hybridized carbons (Fsp3) is 0.250. The molecule has 0 spiro atoms. The second-order valence-corrected chi connectivity index (χ2v) is 2.65. The van der Waals surface area contributed by atoms with E-state index in [-0.39, 0.29) is 0 Å². The lowest BCUT2D eigenvalue weighted by molar-refractivity contribution is 1.13. The Labute approximate surface area is 79.0 Å². The van der Waals surface area contributed by atoms with E-state index in [1.54, 1.807) is 0 Å². The van der Waals surface area contributed by atoms with Crippen molar-refractivity contribution in [2.45, 2.75) is 19.8 Å². The van der Waals surface area contributed by atoms with Gasteiger partial charge in [-0.15, -0.1) is 0 Å². The van der Waals surface area contributed by atoms with Crippen LogP contribution in [0, 0.1) is 23.2 Å². The average molecular weight is 169 g/mol. The third kappa shape index (κ3) is 2.65. The molecule has 1 nitrogen and oxygen atoms in total. The number of rotatable bonds is 1. The quantitative estimate of drug-likeness (QED) is 0.592. The number of nitrogens with zero attached hydrogens (tertiary/aromatic N) is 1. The minimum absolute atomic E-state index is 0.304. The Hall–Kier alpha value is -1.73. The molecule has 0 radical (unpaired) electrons. The van der Waals surface area contributed by atoms with Gasteiger partial charge in [0.15, 0.2) is 0 Å². The highest BCUT2D eigenvalue weighted by Gasteiger charge is 1.93. The maximum atomic E-state index is 8.32. The molecule has 0 aliphatic heterocycles. The molecule has 0 heterocycles. The van der Waals surface area contributed by atoms with Crippen LogP contribution in [-0.4, -0.2) is 0 Å². The Bertz CT molecular complexity index is 374. The van der Waals surface area contributed by atoms with Gasteiger partial charge in [0.2, 0.25) is 0 Å². The summed E-state index contributed by atoms with van der Waals surface area (Å²) in [6.07, 6.45) is 1.29. The Morgan fingerprint density at radius 2 is 2.08 bits per heavy atom. The molecular formula is C12H11N. The summed E-state index contributed by atoms with van der Waals surface area (Å²) >= 11 is 0. The fourth-order valence-corrected chi connectivity index (χ4v) is 1.13. The Morgan fingerprint density at radius 3 is 2.77 bits per heavy atom. The van der Waals surface area contributed by atoms with Crippen molar-refractivity contribution in [2.24, 2.45) is 0 Å². The minimum Gasteiger partial charge on any atom is -0.197 e. The maximum Gasteiger partial charge on any atom is 0.0966 e. The number of hydrogen-bond acceptors (Lipinski definition) is 1. The molecule has 1 aromatic carbocycles. The third-order valence-corrected chi connectivity index (χ3v) is 1.79. The van der Waals surface area contributed by atoms with Crippen molar-refractivity contribution in [3.05, 3.63) is 35.4 Å². The van der Waals surface area contributed by atoms with Crippen LogP contribution in [0.25, 0.3) is 0 Å². The topological polar surface area (TPSA) is 23.8 Å². The molecular weight excluding hydrogens is 158 g/mol. The highest BCUT2D eigenvalue weighted by molar-refractivity contribution is 5.41. The van der Waals surface area contributed by atoms with Crippen molar-refractivity contribution in [1.82, 2.24) is 0 Å². The molecule has 0 N–H and O–H groups in total. The van der Waals surface area contributed by atoms with Crippen molar-refractivity contribution in [3.63, 3.8) is 0 Å². The van der Waals surface area contributed by atoms with Crippen molar-refractivity contribution in [2.75, 3.05) is 0 Å². The van der Waals surface area contributed by atoms with Gasteiger partial charge in [-0.1, -0.05) is 37.0 Å². The zero-order valence-electron chi connectivity index (χ0n) is 7.67. The first-order valence-electron chi connectivity index (χ1n) is 4.32. The molecule has 1 heteroatoms. The molecule has 0 saturated heterocycles. The van der Waals surface area contributed by atoms with Gasteiger partial charge in [-0.05, 0) is 18.1 Å². The molecule has 0 amide bonds. The molecule has 0 atom stereocenters. The molecule has 0 bridgehead atoms. The smallest absolute Gasteiger partial charge is 0.0966 e. The monoisotopic (exact) mass is 169 g/mol. The molecule has 0 aromatic heterocycles. The number of aryl methyl sites for hydroxylation is 1. The summed E-state index contributed by atoms with van der Waals surface area (Å²) in [4.78, 5) is 0. The first-order valence-corrected chi connectivity index (χ1v) is 4.32. The zero-order chi connectivity index (χ0) is 9.52. The largest absolute Gasteiger partial charge is 0.197 e. The van der Waals surface area contributed by atoms with E-state index < -0.39 is 0 Å². The average Bonchev–Trinajstić information content (AvgIpc) is 2.19. The molecule has 0 saturated carbocycles. The Kier molecular flexibility index (Phi) is 3.61. The highest BCUT2D eigenvalue weighted by atomic mass is 14.2. The molecule has 1 rings (SSSR count). The summed E-state index contributed by atoms with van der Waals surface area (Å²) in [7, 11) is 0. The lowest BCUT2D eigenvalue weighted by Gasteiger charge is -1.98. The van der Waals surface area contributed by atoms with Crippen LogP contribution in [0.5, 0.6) is 0 Å². The van der Waals surface area contributed by atoms with Gasteiger partial charge in [-0.25, -0.2) is 0 Å². The van der Waals surface area contributed by atoms with Crippen LogP contribution in [0.15, 0.2) is 24.3 Å². The molecule has 0 unspecified atom stereocenters. The van der Waals surface area contributed by atoms with E-state index in [1.165, 1.54) is 5.56 Å². The van der Waals surface area contributed by atoms with E-state index in [0.717, 1.165) is 12.0 Å². The van der Waals surface area contributed by atoms with Gasteiger partial charge in [0.1, 0.15) is 0 Å². The van der Waals surface area contributed by atoms with Crippen LogP contribution in [0.2, 0.25) is 0 Å². The van der Waals surface area contributed by atoms with Crippen molar-refractivity contribution >= 4 is 0 Å². The summed E-state index contributed by atoms with van der Waals surface area (Å²) in [5.74, 6) is 5.81. The molecule has 0 aliphatic carbocycles. The van der Waals surface area contributed by atoms with E-state index in [4.69, 9.17) is 5.26 Å². The summed E-state index contributed by atoms with van der Waals surface area (Å²) in [5, 5.41) is 8.32. The molecule has 1 aromatic rings. The second kappa shape index (κ2) is 5.01. The van der Waals surface area contributed by atoms with E-state index in [0.29, 0.717) is 6.42 Å².